The summed E-state index contributed by atoms with van der Waals surface area (Å²) in [6, 6.07) is 0. The Morgan fingerprint density at radius 2 is 1.40 bits per heavy atom. The van der Waals surface area contributed by atoms with Crippen LogP contribution in [-0.2, 0) is 27.7 Å². The van der Waals surface area contributed by atoms with Crippen LogP contribution in [0.2, 0.25) is 0 Å². The maximum Gasteiger partial charge on any atom is 0.354 e. The summed E-state index contributed by atoms with van der Waals surface area (Å²) in [7, 11) is -9.42. The molecule has 0 saturated heterocycles. The highest BCUT2D eigenvalue weighted by atomic mass is 31.2. The van der Waals surface area contributed by atoms with Gasteiger partial charge in [-0.2, -0.15) is 0 Å². The molecule has 0 radical (unpaired) electrons. The molecule has 120 valence electrons. The van der Waals surface area contributed by atoms with Crippen molar-refractivity contribution < 1.29 is 37.5 Å². The first-order valence-corrected chi connectivity index (χ1v) is 9.33. The van der Waals surface area contributed by atoms with E-state index in [-0.39, 0.29) is 13.2 Å². The van der Waals surface area contributed by atoms with Gasteiger partial charge in [-0.1, -0.05) is 0 Å². The van der Waals surface area contributed by atoms with E-state index in [1.807, 2.05) is 0 Å². The van der Waals surface area contributed by atoms with Gasteiger partial charge in [0.1, 0.15) is 5.60 Å². The molecule has 0 aromatic carbocycles. The summed E-state index contributed by atoms with van der Waals surface area (Å²) in [4.78, 5) is 31.4. The van der Waals surface area contributed by atoms with Crippen LogP contribution in [0.25, 0.3) is 0 Å². The van der Waals surface area contributed by atoms with E-state index in [9.17, 15) is 23.7 Å². The lowest BCUT2D eigenvalue weighted by molar-refractivity contribution is -0.153. The molecule has 0 aromatic rings. The lowest BCUT2D eigenvalue weighted by atomic mass is 10.2. The zero-order valence-corrected chi connectivity index (χ0v) is 14.0. The molecule has 0 aliphatic heterocycles. The predicted molar refractivity (Wildman–Crippen MR) is 72.5 cm³/mol. The van der Waals surface area contributed by atoms with E-state index in [1.165, 1.54) is 34.6 Å². The molecule has 0 bridgehead atoms. The first-order valence-electron chi connectivity index (χ1n) is 6.04. The van der Waals surface area contributed by atoms with Gasteiger partial charge in [-0.25, -0.2) is 0 Å². The summed E-state index contributed by atoms with van der Waals surface area (Å²) < 4.78 is 38.0. The molecule has 2 N–H and O–H groups in total. The van der Waals surface area contributed by atoms with Crippen molar-refractivity contribution in [3.05, 3.63) is 0 Å². The van der Waals surface area contributed by atoms with Crippen molar-refractivity contribution in [1.82, 2.24) is 0 Å². The van der Waals surface area contributed by atoms with Crippen LogP contribution in [0.15, 0.2) is 0 Å². The fourth-order valence-electron chi connectivity index (χ4n) is 1.32. The Balaban J connectivity index is 5.55. The second-order valence-electron chi connectivity index (χ2n) is 4.87. The average molecular weight is 332 g/mol. The first kappa shape index (κ1) is 19.8. The maximum absolute atomic E-state index is 12.0. The van der Waals surface area contributed by atoms with Crippen LogP contribution in [0.5, 0.6) is 0 Å². The van der Waals surface area contributed by atoms with Crippen molar-refractivity contribution in [2.45, 2.75) is 45.6 Å². The third-order valence-electron chi connectivity index (χ3n) is 1.86. The van der Waals surface area contributed by atoms with E-state index >= 15 is 0 Å². The molecule has 10 heteroatoms. The van der Waals surface area contributed by atoms with Crippen molar-refractivity contribution in [3.8, 4) is 0 Å². The molecular formula is C10H22O8P2. The van der Waals surface area contributed by atoms with E-state index in [0.29, 0.717) is 0 Å². The number of hydrogen-bond acceptors (Lipinski definition) is 6. The lowest BCUT2D eigenvalue weighted by Gasteiger charge is -2.27. The zero-order chi connectivity index (χ0) is 16.2. The monoisotopic (exact) mass is 332 g/mol. The van der Waals surface area contributed by atoms with Gasteiger partial charge in [0.15, 0.2) is 0 Å². The van der Waals surface area contributed by atoms with Crippen molar-refractivity contribution in [2.24, 2.45) is 0 Å². The summed E-state index contributed by atoms with van der Waals surface area (Å²) in [5.41, 5.74) is -0.992. The van der Waals surface area contributed by atoms with Crippen LogP contribution < -0.4 is 0 Å². The third kappa shape index (κ3) is 6.04. The van der Waals surface area contributed by atoms with Crippen molar-refractivity contribution in [3.63, 3.8) is 0 Å². The van der Waals surface area contributed by atoms with Crippen LogP contribution in [0.3, 0.4) is 0 Å². The van der Waals surface area contributed by atoms with Crippen molar-refractivity contribution in [2.75, 3.05) is 13.2 Å². The van der Waals surface area contributed by atoms with Gasteiger partial charge in [0, 0.05) is 0 Å². The number of rotatable bonds is 7. The molecule has 0 aliphatic rings. The van der Waals surface area contributed by atoms with Gasteiger partial charge in [-0.15, -0.1) is 0 Å². The normalized spacial score (nSPS) is 19.8. The Kier molecular flexibility index (Phi) is 7.08. The SMILES string of the molecule is CCOP(=O)(O)C(C(=O)OC(C)(C)C)P(=O)(O)OCC. The highest BCUT2D eigenvalue weighted by molar-refractivity contribution is 7.73. The molecule has 0 heterocycles. The number of hydrogen-bond donors (Lipinski definition) is 2. The molecule has 0 aliphatic carbocycles. The molecule has 2 unspecified atom stereocenters. The number of carbonyl (C=O) groups is 1. The summed E-state index contributed by atoms with van der Waals surface area (Å²) in [5.74, 6) is -1.31. The van der Waals surface area contributed by atoms with Gasteiger partial charge in [0.05, 0.1) is 13.2 Å². The molecule has 0 amide bonds. The fourth-order valence-corrected chi connectivity index (χ4v) is 4.85. The Morgan fingerprint density at radius 1 is 1.05 bits per heavy atom. The van der Waals surface area contributed by atoms with Gasteiger partial charge >= 0.3 is 21.2 Å². The standard InChI is InChI=1S/C10H22O8P2/c1-6-16-19(12,13)9(20(14,15)17-7-2)8(11)18-10(3,4)5/h9H,6-7H2,1-5H3,(H,12,13)(H,14,15). The van der Waals surface area contributed by atoms with Crippen LogP contribution >= 0.6 is 15.2 Å². The molecule has 0 aromatic heterocycles. The fraction of sp³-hybridized carbons (Fsp3) is 0.900. The number of ether oxygens (including phenoxy) is 1. The highest BCUT2D eigenvalue weighted by Gasteiger charge is 2.54. The van der Waals surface area contributed by atoms with E-state index in [4.69, 9.17) is 4.74 Å². The van der Waals surface area contributed by atoms with Gasteiger partial charge in [0.2, 0.25) is 0 Å². The van der Waals surface area contributed by atoms with E-state index in [2.05, 4.69) is 9.05 Å². The summed E-state index contributed by atoms with van der Waals surface area (Å²) >= 11 is 0. The molecule has 0 rings (SSSR count). The maximum atomic E-state index is 12.0. The molecule has 0 fully saturated rings. The van der Waals surface area contributed by atoms with Crippen molar-refractivity contribution >= 4 is 21.2 Å². The average Bonchev–Trinajstić information content (AvgIpc) is 2.11. The Labute approximate surface area is 118 Å². The summed E-state index contributed by atoms with van der Waals surface area (Å²) in [6.45, 7) is 6.98. The van der Waals surface area contributed by atoms with Crippen LogP contribution in [0, 0.1) is 0 Å². The van der Waals surface area contributed by atoms with E-state index in [1.54, 1.807) is 0 Å². The quantitative estimate of drug-likeness (QED) is 0.537. The number of esters is 1. The molecule has 0 spiro atoms. The molecular weight excluding hydrogens is 310 g/mol. The Hall–Kier alpha value is -0.230. The second kappa shape index (κ2) is 7.16. The minimum Gasteiger partial charge on any atom is -0.459 e. The van der Waals surface area contributed by atoms with Gasteiger partial charge < -0.3 is 23.6 Å². The Morgan fingerprint density at radius 3 is 1.65 bits per heavy atom. The van der Waals surface area contributed by atoms with Crippen LogP contribution in [-0.4, -0.2) is 40.0 Å². The molecule has 20 heavy (non-hydrogen) atoms. The topological polar surface area (TPSA) is 119 Å². The summed E-state index contributed by atoms with van der Waals surface area (Å²) in [5, 5.41) is -2.28. The zero-order valence-electron chi connectivity index (χ0n) is 12.2. The van der Waals surface area contributed by atoms with Gasteiger partial charge in [0.25, 0.3) is 5.40 Å². The minimum absolute atomic E-state index is 0.209. The minimum atomic E-state index is -4.71. The highest BCUT2D eigenvalue weighted by Crippen LogP contribution is 2.65. The third-order valence-corrected chi connectivity index (χ3v) is 6.53. The predicted octanol–water partition coefficient (Wildman–Crippen LogP) is 2.10. The second-order valence-corrected chi connectivity index (χ2v) is 9.08. The molecule has 2 atom stereocenters. The summed E-state index contributed by atoms with van der Waals surface area (Å²) in [6.07, 6.45) is 0. The molecule has 0 saturated carbocycles. The molecule has 8 nitrogen and oxygen atoms in total. The largest absolute Gasteiger partial charge is 0.459 e. The Bertz CT molecular complexity index is 401. The van der Waals surface area contributed by atoms with Crippen LogP contribution in [0.4, 0.5) is 0 Å². The smallest absolute Gasteiger partial charge is 0.354 e. The number of carbonyl (C=O) groups excluding carboxylic acids is 1. The van der Waals surface area contributed by atoms with Crippen molar-refractivity contribution in [1.29, 1.82) is 0 Å². The van der Waals surface area contributed by atoms with Crippen LogP contribution in [0.1, 0.15) is 34.6 Å². The van der Waals surface area contributed by atoms with E-state index < -0.39 is 32.2 Å². The van der Waals surface area contributed by atoms with Gasteiger partial charge in [-0.3, -0.25) is 13.9 Å². The van der Waals surface area contributed by atoms with E-state index in [0.717, 1.165) is 0 Å². The lowest BCUT2D eigenvalue weighted by Crippen LogP contribution is -2.32. The van der Waals surface area contributed by atoms with Gasteiger partial charge in [-0.05, 0) is 34.6 Å². The first-order chi connectivity index (χ1) is 8.87.